The second-order valence-corrected chi connectivity index (χ2v) is 7.18. The van der Waals surface area contributed by atoms with E-state index < -0.39 is 5.97 Å². The Morgan fingerprint density at radius 2 is 1.77 bits per heavy atom. The van der Waals surface area contributed by atoms with E-state index in [0.717, 1.165) is 22.6 Å². The summed E-state index contributed by atoms with van der Waals surface area (Å²) in [7, 11) is 0. The second-order valence-electron chi connectivity index (χ2n) is 7.18. The predicted octanol–water partition coefficient (Wildman–Crippen LogP) is 4.90. The highest BCUT2D eigenvalue weighted by Crippen LogP contribution is 2.21. The Hall–Kier alpha value is -3.54. The second kappa shape index (κ2) is 9.31. The summed E-state index contributed by atoms with van der Waals surface area (Å²) in [6.07, 6.45) is 0. The molecule has 0 radical (unpaired) electrons. The van der Waals surface area contributed by atoms with E-state index in [4.69, 9.17) is 4.74 Å². The molecule has 0 aliphatic carbocycles. The summed E-state index contributed by atoms with van der Waals surface area (Å²) < 4.78 is 7.18. The van der Waals surface area contributed by atoms with Gasteiger partial charge in [-0.25, -0.2) is 9.59 Å². The average molecular weight is 405 g/mol. The molecule has 3 rings (SSSR count). The minimum absolute atomic E-state index is 0.304. The molecule has 0 aliphatic rings. The highest BCUT2D eigenvalue weighted by atomic mass is 16.5. The fourth-order valence-electron chi connectivity index (χ4n) is 3.46. The minimum atomic E-state index is -0.412. The van der Waals surface area contributed by atoms with Crippen LogP contribution in [0.1, 0.15) is 39.8 Å². The SMILES string of the molecule is CCOC(=O)c1cccc(NC(=O)NCc2cc(C)n(-c3cccc(C)c3)c2C)c1. The molecule has 6 heteroatoms. The smallest absolute Gasteiger partial charge is 0.338 e. The molecule has 30 heavy (non-hydrogen) atoms. The number of esters is 1. The number of amides is 2. The van der Waals surface area contributed by atoms with Gasteiger partial charge < -0.3 is 19.9 Å². The van der Waals surface area contributed by atoms with Crippen molar-refractivity contribution >= 4 is 17.7 Å². The zero-order valence-electron chi connectivity index (χ0n) is 17.8. The van der Waals surface area contributed by atoms with E-state index in [9.17, 15) is 9.59 Å². The van der Waals surface area contributed by atoms with E-state index >= 15 is 0 Å². The molecule has 0 fully saturated rings. The monoisotopic (exact) mass is 405 g/mol. The number of ether oxygens (including phenoxy) is 1. The van der Waals surface area contributed by atoms with Gasteiger partial charge in [-0.1, -0.05) is 18.2 Å². The Bertz CT molecular complexity index is 1070. The molecule has 1 heterocycles. The third-order valence-electron chi connectivity index (χ3n) is 4.87. The predicted molar refractivity (Wildman–Crippen MR) is 118 cm³/mol. The number of anilines is 1. The van der Waals surface area contributed by atoms with Crippen molar-refractivity contribution in [2.75, 3.05) is 11.9 Å². The molecule has 0 unspecified atom stereocenters. The van der Waals surface area contributed by atoms with Crippen LogP contribution in [0.15, 0.2) is 54.6 Å². The first kappa shape index (κ1) is 21.2. The number of carbonyl (C=O) groups excluding carboxylic acids is 2. The fraction of sp³-hybridized carbons (Fsp3) is 0.250. The Kier molecular flexibility index (Phi) is 6.57. The molecule has 0 bridgehead atoms. The van der Waals surface area contributed by atoms with Crippen LogP contribution in [0.3, 0.4) is 0 Å². The van der Waals surface area contributed by atoms with E-state index in [0.29, 0.717) is 24.4 Å². The number of aryl methyl sites for hydroxylation is 2. The molecular formula is C24H27N3O3. The standard InChI is InChI=1S/C24H27N3O3/c1-5-30-23(28)19-9-7-10-21(14-19)26-24(29)25-15-20-13-17(3)27(18(20)4)22-11-6-8-16(2)12-22/h6-14H,5,15H2,1-4H3,(H2,25,26,29). The molecular weight excluding hydrogens is 378 g/mol. The summed E-state index contributed by atoms with van der Waals surface area (Å²) in [5, 5.41) is 5.65. The summed E-state index contributed by atoms with van der Waals surface area (Å²) >= 11 is 0. The van der Waals surface area contributed by atoms with Gasteiger partial charge in [0.05, 0.1) is 12.2 Å². The molecule has 0 saturated carbocycles. The van der Waals surface area contributed by atoms with Crippen molar-refractivity contribution in [3.63, 3.8) is 0 Å². The molecule has 0 spiro atoms. The lowest BCUT2D eigenvalue weighted by molar-refractivity contribution is 0.0526. The van der Waals surface area contributed by atoms with Crippen molar-refractivity contribution in [2.45, 2.75) is 34.2 Å². The maximum atomic E-state index is 12.4. The highest BCUT2D eigenvalue weighted by molar-refractivity contribution is 5.93. The van der Waals surface area contributed by atoms with Crippen LogP contribution in [-0.4, -0.2) is 23.2 Å². The van der Waals surface area contributed by atoms with Crippen molar-refractivity contribution in [3.8, 4) is 5.69 Å². The Balaban J connectivity index is 1.66. The van der Waals surface area contributed by atoms with Crippen molar-refractivity contribution in [3.05, 3.63) is 82.7 Å². The number of nitrogens with zero attached hydrogens (tertiary/aromatic N) is 1. The summed E-state index contributed by atoms with van der Waals surface area (Å²) in [6.45, 7) is 8.63. The molecule has 0 atom stereocenters. The van der Waals surface area contributed by atoms with E-state index in [-0.39, 0.29) is 6.03 Å². The lowest BCUT2D eigenvalue weighted by Crippen LogP contribution is -2.28. The van der Waals surface area contributed by atoms with Crippen molar-refractivity contribution in [1.82, 2.24) is 9.88 Å². The number of nitrogens with one attached hydrogen (secondary N) is 2. The highest BCUT2D eigenvalue weighted by Gasteiger charge is 2.12. The zero-order chi connectivity index (χ0) is 21.7. The normalized spacial score (nSPS) is 10.5. The first-order chi connectivity index (χ1) is 14.4. The van der Waals surface area contributed by atoms with Crippen molar-refractivity contribution in [1.29, 1.82) is 0 Å². The van der Waals surface area contributed by atoms with Gasteiger partial charge in [0.25, 0.3) is 0 Å². The zero-order valence-corrected chi connectivity index (χ0v) is 17.8. The van der Waals surface area contributed by atoms with E-state index in [2.05, 4.69) is 53.3 Å². The van der Waals surface area contributed by atoms with Gasteiger partial charge in [-0.2, -0.15) is 0 Å². The van der Waals surface area contributed by atoms with Crippen LogP contribution >= 0.6 is 0 Å². The van der Waals surface area contributed by atoms with Gasteiger partial charge in [-0.05, 0) is 75.2 Å². The summed E-state index contributed by atoms with van der Waals surface area (Å²) in [5.41, 5.74) is 6.48. The lowest BCUT2D eigenvalue weighted by atomic mass is 10.2. The molecule has 156 valence electrons. The van der Waals surface area contributed by atoms with E-state index in [1.807, 2.05) is 13.0 Å². The van der Waals surface area contributed by atoms with Crippen molar-refractivity contribution < 1.29 is 14.3 Å². The van der Waals surface area contributed by atoms with E-state index in [1.54, 1.807) is 31.2 Å². The number of rotatable bonds is 6. The number of hydrogen-bond acceptors (Lipinski definition) is 3. The van der Waals surface area contributed by atoms with Crippen LogP contribution in [-0.2, 0) is 11.3 Å². The molecule has 0 aliphatic heterocycles. The Labute approximate surface area is 176 Å². The van der Waals surface area contributed by atoms with Gasteiger partial charge >= 0.3 is 12.0 Å². The Morgan fingerprint density at radius 3 is 2.50 bits per heavy atom. The van der Waals surface area contributed by atoms with Crippen LogP contribution in [0.5, 0.6) is 0 Å². The van der Waals surface area contributed by atoms with Gasteiger partial charge in [-0.15, -0.1) is 0 Å². The fourth-order valence-corrected chi connectivity index (χ4v) is 3.46. The molecule has 3 aromatic rings. The molecule has 2 aromatic carbocycles. The molecule has 2 N–H and O–H groups in total. The number of benzene rings is 2. The number of carbonyl (C=O) groups is 2. The number of aromatic nitrogens is 1. The van der Waals surface area contributed by atoms with E-state index in [1.165, 1.54) is 5.56 Å². The average Bonchev–Trinajstić information content (AvgIpc) is 3.00. The molecule has 6 nitrogen and oxygen atoms in total. The van der Waals surface area contributed by atoms with Crippen LogP contribution in [0.25, 0.3) is 5.69 Å². The van der Waals surface area contributed by atoms with Gasteiger partial charge in [0.2, 0.25) is 0 Å². The van der Waals surface area contributed by atoms with Gasteiger partial charge in [0, 0.05) is 29.3 Å². The Morgan fingerprint density at radius 1 is 1.00 bits per heavy atom. The molecule has 0 saturated heterocycles. The van der Waals surface area contributed by atoms with Crippen molar-refractivity contribution in [2.24, 2.45) is 0 Å². The first-order valence-electron chi connectivity index (χ1n) is 9.96. The summed E-state index contributed by atoms with van der Waals surface area (Å²) in [5.74, 6) is -0.412. The quantitative estimate of drug-likeness (QED) is 0.573. The number of hydrogen-bond donors (Lipinski definition) is 2. The minimum Gasteiger partial charge on any atom is -0.462 e. The number of urea groups is 1. The van der Waals surface area contributed by atoms with Crippen LogP contribution in [0.4, 0.5) is 10.5 Å². The largest absolute Gasteiger partial charge is 0.462 e. The summed E-state index contributed by atoms with van der Waals surface area (Å²) in [4.78, 5) is 24.2. The van der Waals surface area contributed by atoms with Crippen LogP contribution in [0.2, 0.25) is 0 Å². The molecule has 1 aromatic heterocycles. The van der Waals surface area contributed by atoms with Crippen LogP contribution in [0, 0.1) is 20.8 Å². The first-order valence-corrected chi connectivity index (χ1v) is 9.96. The topological polar surface area (TPSA) is 72.4 Å². The maximum absolute atomic E-state index is 12.4. The van der Waals surface area contributed by atoms with Gasteiger partial charge in [0.1, 0.15) is 0 Å². The lowest BCUT2D eigenvalue weighted by Gasteiger charge is -2.12. The van der Waals surface area contributed by atoms with Gasteiger partial charge in [0.15, 0.2) is 0 Å². The van der Waals surface area contributed by atoms with Crippen LogP contribution < -0.4 is 10.6 Å². The maximum Gasteiger partial charge on any atom is 0.338 e. The molecule has 2 amide bonds. The van der Waals surface area contributed by atoms with Gasteiger partial charge in [-0.3, -0.25) is 0 Å². The summed E-state index contributed by atoms with van der Waals surface area (Å²) in [6, 6.07) is 16.8. The third kappa shape index (κ3) is 4.89. The third-order valence-corrected chi connectivity index (χ3v) is 4.87.